The lowest BCUT2D eigenvalue weighted by atomic mass is 9.78. The molecule has 0 spiro atoms. The van der Waals surface area contributed by atoms with Crippen molar-refractivity contribution in [1.29, 1.82) is 0 Å². The van der Waals surface area contributed by atoms with Crippen LogP contribution in [0.4, 0.5) is 8.78 Å². The molecule has 0 heterocycles. The van der Waals surface area contributed by atoms with Crippen molar-refractivity contribution in [2.24, 2.45) is 0 Å². The summed E-state index contributed by atoms with van der Waals surface area (Å²) in [6, 6.07) is 10.5. The molecule has 0 aliphatic heterocycles. The van der Waals surface area contributed by atoms with Crippen LogP contribution in [-0.2, 0) is 11.8 Å². The summed E-state index contributed by atoms with van der Waals surface area (Å²) in [4.78, 5) is 0. The average molecular weight is 350 g/mol. The van der Waals surface area contributed by atoms with Gasteiger partial charge in [0.25, 0.3) is 0 Å². The summed E-state index contributed by atoms with van der Waals surface area (Å²) in [6.07, 6.45) is 0.203. The van der Waals surface area contributed by atoms with Gasteiger partial charge in [0.2, 0.25) is 0 Å². The molecule has 0 saturated heterocycles. The van der Waals surface area contributed by atoms with Crippen molar-refractivity contribution >= 4 is 34.8 Å². The van der Waals surface area contributed by atoms with Crippen molar-refractivity contribution < 1.29 is 8.78 Å². The highest BCUT2D eigenvalue weighted by Crippen LogP contribution is 2.35. The third-order valence-electron chi connectivity index (χ3n) is 3.53. The fourth-order valence-electron chi connectivity index (χ4n) is 2.24. The summed E-state index contributed by atoms with van der Waals surface area (Å²) in [5.74, 6) is -0.542. The molecule has 0 aliphatic carbocycles. The average Bonchev–Trinajstić information content (AvgIpc) is 2.48. The first-order chi connectivity index (χ1) is 10.0. The van der Waals surface area contributed by atoms with Crippen molar-refractivity contribution in [2.75, 3.05) is 11.8 Å². The van der Waals surface area contributed by atoms with Gasteiger partial charge in [0.05, 0.1) is 0 Å². The second-order valence-corrected chi connectivity index (χ2v) is 5.88. The number of alkyl halides is 2. The van der Waals surface area contributed by atoms with E-state index in [2.05, 4.69) is 0 Å². The van der Waals surface area contributed by atoms with Crippen LogP contribution in [0.25, 0.3) is 0 Å². The Hall–Kier alpha value is -0.830. The Labute approximate surface area is 137 Å². The number of rotatable bonds is 5. The van der Waals surface area contributed by atoms with Gasteiger partial charge < -0.3 is 0 Å². The molecule has 2 rings (SSSR count). The summed E-state index contributed by atoms with van der Waals surface area (Å²) >= 11 is 18.3. The molecule has 2 aromatic carbocycles. The van der Waals surface area contributed by atoms with E-state index >= 15 is 0 Å². The van der Waals surface area contributed by atoms with Gasteiger partial charge in [-0.05, 0) is 36.2 Å². The van der Waals surface area contributed by atoms with E-state index in [1.807, 2.05) is 0 Å². The first-order valence-corrected chi connectivity index (χ1v) is 7.78. The third kappa shape index (κ3) is 3.50. The highest BCUT2D eigenvalue weighted by Gasteiger charge is 2.33. The topological polar surface area (TPSA) is 0 Å². The van der Waals surface area contributed by atoms with Crippen LogP contribution < -0.4 is 0 Å². The molecule has 112 valence electrons. The van der Waals surface area contributed by atoms with E-state index in [1.165, 1.54) is 24.3 Å². The van der Waals surface area contributed by atoms with Crippen LogP contribution >= 0.6 is 34.8 Å². The summed E-state index contributed by atoms with van der Waals surface area (Å²) in [5, 5.41) is 0.311. The summed E-state index contributed by atoms with van der Waals surface area (Å²) < 4.78 is 27.5. The number of benzene rings is 2. The lowest BCUT2D eigenvalue weighted by Gasteiger charge is -2.31. The number of hydrogen-bond donors (Lipinski definition) is 0. The number of halogens is 5. The van der Waals surface area contributed by atoms with E-state index in [0.29, 0.717) is 16.1 Å². The Morgan fingerprint density at radius 1 is 0.952 bits per heavy atom. The van der Waals surface area contributed by atoms with Crippen LogP contribution in [0.5, 0.6) is 0 Å². The van der Waals surface area contributed by atoms with Gasteiger partial charge in [-0.25, -0.2) is 8.78 Å². The van der Waals surface area contributed by atoms with Gasteiger partial charge in [0, 0.05) is 27.8 Å². The summed E-state index contributed by atoms with van der Waals surface area (Å²) in [6.45, 7) is 0. The summed E-state index contributed by atoms with van der Waals surface area (Å²) in [5.41, 5.74) is 0.188. The Bertz CT molecular complexity index is 604. The van der Waals surface area contributed by atoms with Crippen molar-refractivity contribution in [3.63, 3.8) is 0 Å². The lowest BCUT2D eigenvalue weighted by Crippen LogP contribution is -2.34. The minimum Gasteiger partial charge on any atom is -0.207 e. The van der Waals surface area contributed by atoms with Crippen molar-refractivity contribution in [3.8, 4) is 0 Å². The van der Waals surface area contributed by atoms with E-state index in [0.717, 1.165) is 0 Å². The van der Waals surface area contributed by atoms with E-state index in [9.17, 15) is 8.78 Å². The van der Waals surface area contributed by atoms with Crippen LogP contribution in [0.15, 0.2) is 42.5 Å². The molecule has 21 heavy (non-hydrogen) atoms. The van der Waals surface area contributed by atoms with E-state index in [1.54, 1.807) is 18.2 Å². The Morgan fingerprint density at radius 3 is 2.19 bits per heavy atom. The standard InChI is InChI=1S/C16H13Cl3F2/c17-9-16(10-18,11-3-1-4-12(20)7-11)8-13-14(19)5-2-6-15(13)21/h1-7H,8-10H2. The molecule has 0 saturated carbocycles. The molecule has 2 aromatic rings. The zero-order chi connectivity index (χ0) is 15.5. The second-order valence-electron chi connectivity index (χ2n) is 4.93. The van der Waals surface area contributed by atoms with Gasteiger partial charge in [-0.2, -0.15) is 0 Å². The van der Waals surface area contributed by atoms with Crippen LogP contribution in [0.2, 0.25) is 5.02 Å². The maximum absolute atomic E-state index is 14.0. The first-order valence-electron chi connectivity index (χ1n) is 6.33. The van der Waals surface area contributed by atoms with Gasteiger partial charge in [0.1, 0.15) is 11.6 Å². The Balaban J connectivity index is 2.48. The minimum absolute atomic E-state index is 0.130. The van der Waals surface area contributed by atoms with E-state index < -0.39 is 11.2 Å². The van der Waals surface area contributed by atoms with Gasteiger partial charge in [0.15, 0.2) is 0 Å². The van der Waals surface area contributed by atoms with Crippen molar-refractivity contribution in [1.82, 2.24) is 0 Å². The SMILES string of the molecule is Fc1cccc(C(CCl)(CCl)Cc2c(F)cccc2Cl)c1. The van der Waals surface area contributed by atoms with Gasteiger partial charge in [-0.3, -0.25) is 0 Å². The molecular weight excluding hydrogens is 337 g/mol. The largest absolute Gasteiger partial charge is 0.207 e. The van der Waals surface area contributed by atoms with Crippen molar-refractivity contribution in [3.05, 3.63) is 70.2 Å². The molecule has 0 aliphatic rings. The van der Waals surface area contributed by atoms with Crippen LogP contribution in [0, 0.1) is 11.6 Å². The molecule has 0 fully saturated rings. The minimum atomic E-state index is -0.781. The van der Waals surface area contributed by atoms with Crippen LogP contribution in [0.1, 0.15) is 11.1 Å². The van der Waals surface area contributed by atoms with Gasteiger partial charge >= 0.3 is 0 Å². The molecule has 0 N–H and O–H groups in total. The highest BCUT2D eigenvalue weighted by atomic mass is 35.5. The van der Waals surface area contributed by atoms with Gasteiger partial charge in [-0.1, -0.05) is 29.8 Å². The zero-order valence-electron chi connectivity index (χ0n) is 11.1. The molecule has 0 radical (unpaired) electrons. The normalized spacial score (nSPS) is 11.7. The van der Waals surface area contributed by atoms with Crippen LogP contribution in [0.3, 0.4) is 0 Å². The van der Waals surface area contributed by atoms with E-state index in [-0.39, 0.29) is 24.0 Å². The van der Waals surface area contributed by atoms with Crippen LogP contribution in [-0.4, -0.2) is 11.8 Å². The third-order valence-corrected chi connectivity index (χ3v) is 4.90. The molecule has 5 heteroatoms. The fourth-order valence-corrected chi connectivity index (χ4v) is 3.26. The highest BCUT2D eigenvalue weighted by molar-refractivity contribution is 6.31. The quantitative estimate of drug-likeness (QED) is 0.618. The Morgan fingerprint density at radius 2 is 1.62 bits per heavy atom. The first kappa shape index (κ1) is 16.5. The Kier molecular flexibility index (Phi) is 5.48. The second kappa shape index (κ2) is 6.95. The molecule has 0 atom stereocenters. The molecule has 0 aromatic heterocycles. The molecular formula is C16H13Cl3F2. The molecule has 0 nitrogen and oxygen atoms in total. The molecule has 0 amide bonds. The maximum Gasteiger partial charge on any atom is 0.127 e. The monoisotopic (exact) mass is 348 g/mol. The van der Waals surface area contributed by atoms with Crippen molar-refractivity contribution in [2.45, 2.75) is 11.8 Å². The predicted molar refractivity (Wildman–Crippen MR) is 84.6 cm³/mol. The molecule has 0 unspecified atom stereocenters. The van der Waals surface area contributed by atoms with Gasteiger partial charge in [-0.15, -0.1) is 23.2 Å². The van der Waals surface area contributed by atoms with E-state index in [4.69, 9.17) is 34.8 Å². The number of hydrogen-bond acceptors (Lipinski definition) is 0. The smallest absolute Gasteiger partial charge is 0.127 e. The lowest BCUT2D eigenvalue weighted by molar-refractivity contribution is 0.507. The zero-order valence-corrected chi connectivity index (χ0v) is 13.3. The fraction of sp³-hybridized carbons (Fsp3) is 0.250. The summed E-state index contributed by atoms with van der Waals surface area (Å²) in [7, 11) is 0. The molecule has 0 bridgehead atoms. The predicted octanol–water partition coefficient (Wildman–Crippen LogP) is 5.58. The maximum atomic E-state index is 14.0.